The molecule has 0 bridgehead atoms. The second-order valence-electron chi connectivity index (χ2n) is 5.58. The zero-order valence-corrected chi connectivity index (χ0v) is 14.8. The molecule has 0 aliphatic heterocycles. The summed E-state index contributed by atoms with van der Waals surface area (Å²) >= 11 is 3.55. The highest BCUT2D eigenvalue weighted by Gasteiger charge is 2.32. The molecule has 1 aromatic rings. The Hall–Kier alpha value is -0.590. The monoisotopic (exact) mass is 327 g/mol. The molecule has 4 nitrogen and oxygen atoms in total. The minimum absolute atomic E-state index is 0.0543. The summed E-state index contributed by atoms with van der Waals surface area (Å²) in [4.78, 5) is 17.8. The van der Waals surface area contributed by atoms with Crippen LogP contribution in [0.2, 0.25) is 0 Å². The molecule has 1 saturated carbocycles. The molecule has 0 unspecified atom stereocenters. The van der Waals surface area contributed by atoms with Crippen LogP contribution in [0, 0.1) is 0 Å². The lowest BCUT2D eigenvalue weighted by molar-refractivity contribution is -0.116. The average molecular weight is 328 g/mol. The first-order chi connectivity index (χ1) is 10.1. The molecule has 1 aliphatic carbocycles. The van der Waals surface area contributed by atoms with E-state index in [0.29, 0.717) is 11.3 Å². The van der Waals surface area contributed by atoms with Gasteiger partial charge >= 0.3 is 0 Å². The van der Waals surface area contributed by atoms with Crippen LogP contribution in [-0.2, 0) is 11.3 Å². The predicted molar refractivity (Wildman–Crippen MR) is 92.2 cm³/mol. The Kier molecular flexibility index (Phi) is 6.08. The number of hydrogen-bond acceptors (Lipinski definition) is 5. The molecule has 1 aliphatic rings. The Labute approximate surface area is 135 Å². The van der Waals surface area contributed by atoms with Crippen LogP contribution in [0.3, 0.4) is 0 Å². The van der Waals surface area contributed by atoms with Crippen molar-refractivity contribution >= 4 is 34.1 Å². The molecule has 2 rings (SSSR count). The van der Waals surface area contributed by atoms with Crippen LogP contribution >= 0.6 is 23.1 Å². The van der Waals surface area contributed by atoms with Gasteiger partial charge in [-0.15, -0.1) is 11.3 Å². The van der Waals surface area contributed by atoms with Crippen molar-refractivity contribution in [1.29, 1.82) is 0 Å². The maximum absolute atomic E-state index is 11.5. The molecular formula is C15H25N3OS2. The molecule has 118 valence electrons. The van der Waals surface area contributed by atoms with Gasteiger partial charge in [0.05, 0.1) is 5.69 Å². The lowest BCUT2D eigenvalue weighted by Gasteiger charge is -2.26. The van der Waals surface area contributed by atoms with E-state index in [0.717, 1.165) is 23.9 Å². The highest BCUT2D eigenvalue weighted by atomic mass is 32.2. The van der Waals surface area contributed by atoms with E-state index in [1.54, 1.807) is 23.2 Å². The van der Waals surface area contributed by atoms with Gasteiger partial charge in [-0.1, -0.05) is 12.8 Å². The van der Waals surface area contributed by atoms with Crippen LogP contribution in [0.25, 0.3) is 0 Å². The SMILES string of the molecule is CCN(C(C)=O)c1nc(CNCC2(SC)CCCC2)cs1. The Morgan fingerprint density at radius 1 is 1.52 bits per heavy atom. The van der Waals surface area contributed by atoms with Crippen LogP contribution in [0.5, 0.6) is 0 Å². The van der Waals surface area contributed by atoms with Crippen LogP contribution in [0.4, 0.5) is 5.13 Å². The number of nitrogens with zero attached hydrogens (tertiary/aromatic N) is 2. The first kappa shape index (κ1) is 16.8. The van der Waals surface area contributed by atoms with Crippen LogP contribution < -0.4 is 10.2 Å². The van der Waals surface area contributed by atoms with Crippen molar-refractivity contribution in [3.63, 3.8) is 0 Å². The van der Waals surface area contributed by atoms with Gasteiger partial charge in [0.2, 0.25) is 5.91 Å². The van der Waals surface area contributed by atoms with Gasteiger partial charge in [-0.2, -0.15) is 11.8 Å². The van der Waals surface area contributed by atoms with E-state index >= 15 is 0 Å². The van der Waals surface area contributed by atoms with E-state index < -0.39 is 0 Å². The quantitative estimate of drug-likeness (QED) is 0.835. The number of thioether (sulfide) groups is 1. The lowest BCUT2D eigenvalue weighted by Crippen LogP contribution is -2.34. The van der Waals surface area contributed by atoms with Crippen LogP contribution in [0.1, 0.15) is 45.2 Å². The molecule has 0 aromatic carbocycles. The summed E-state index contributed by atoms with van der Waals surface area (Å²) < 4.78 is 0.424. The van der Waals surface area contributed by atoms with E-state index in [4.69, 9.17) is 0 Å². The summed E-state index contributed by atoms with van der Waals surface area (Å²) in [6.07, 6.45) is 7.57. The van der Waals surface area contributed by atoms with E-state index in [1.807, 2.05) is 24.1 Å². The van der Waals surface area contributed by atoms with Crippen LogP contribution in [-0.4, -0.2) is 35.0 Å². The van der Waals surface area contributed by atoms with E-state index in [2.05, 4.69) is 16.6 Å². The molecule has 0 atom stereocenters. The van der Waals surface area contributed by atoms with Gasteiger partial charge in [-0.3, -0.25) is 9.69 Å². The highest BCUT2D eigenvalue weighted by molar-refractivity contribution is 8.00. The van der Waals surface area contributed by atoms with E-state index in [9.17, 15) is 4.79 Å². The number of thiazole rings is 1. The number of nitrogens with one attached hydrogen (secondary N) is 1. The highest BCUT2D eigenvalue weighted by Crippen LogP contribution is 2.39. The fourth-order valence-corrected chi connectivity index (χ4v) is 4.76. The number of rotatable bonds is 7. The minimum Gasteiger partial charge on any atom is -0.310 e. The second-order valence-corrected chi connectivity index (χ2v) is 7.69. The molecule has 1 N–H and O–H groups in total. The maximum Gasteiger partial charge on any atom is 0.225 e. The van der Waals surface area contributed by atoms with Gasteiger partial charge in [0, 0.05) is 36.7 Å². The number of carbonyl (C=O) groups excluding carboxylic acids is 1. The topological polar surface area (TPSA) is 45.2 Å². The van der Waals surface area contributed by atoms with E-state index in [-0.39, 0.29) is 5.91 Å². The van der Waals surface area contributed by atoms with Crippen molar-refractivity contribution in [2.24, 2.45) is 0 Å². The maximum atomic E-state index is 11.5. The summed E-state index contributed by atoms with van der Waals surface area (Å²) in [6.45, 7) is 6.07. The number of hydrogen-bond donors (Lipinski definition) is 1. The van der Waals surface area contributed by atoms with Gasteiger partial charge < -0.3 is 5.32 Å². The summed E-state index contributed by atoms with van der Waals surface area (Å²) in [7, 11) is 0. The molecule has 1 amide bonds. The fourth-order valence-electron chi connectivity index (χ4n) is 2.88. The Morgan fingerprint density at radius 3 is 2.81 bits per heavy atom. The molecule has 21 heavy (non-hydrogen) atoms. The Bertz CT molecular complexity index is 469. The third-order valence-corrected chi connectivity index (χ3v) is 6.50. The standard InChI is InChI=1S/C15H25N3OS2/c1-4-18(12(2)19)14-17-13(10-21-14)9-16-11-15(20-3)7-5-6-8-15/h10,16H,4-9,11H2,1-3H3. The molecule has 1 aromatic heterocycles. The number of carbonyl (C=O) groups is 1. The first-order valence-electron chi connectivity index (χ1n) is 7.58. The average Bonchev–Trinajstić information content (AvgIpc) is 3.10. The van der Waals surface area contributed by atoms with Crippen molar-refractivity contribution in [1.82, 2.24) is 10.3 Å². The zero-order valence-electron chi connectivity index (χ0n) is 13.1. The molecular weight excluding hydrogens is 302 g/mol. The van der Waals surface area contributed by atoms with Crippen molar-refractivity contribution in [2.45, 2.75) is 50.8 Å². The third-order valence-electron chi connectivity index (χ3n) is 4.17. The largest absolute Gasteiger partial charge is 0.310 e. The molecule has 6 heteroatoms. The van der Waals surface area contributed by atoms with Crippen molar-refractivity contribution < 1.29 is 4.79 Å². The molecule has 0 saturated heterocycles. The van der Waals surface area contributed by atoms with Gasteiger partial charge in [0.25, 0.3) is 0 Å². The first-order valence-corrected chi connectivity index (χ1v) is 9.69. The summed E-state index contributed by atoms with van der Waals surface area (Å²) in [5.41, 5.74) is 1.03. The smallest absolute Gasteiger partial charge is 0.225 e. The van der Waals surface area contributed by atoms with Crippen LogP contribution in [0.15, 0.2) is 5.38 Å². The molecule has 0 radical (unpaired) electrons. The van der Waals surface area contributed by atoms with Gasteiger partial charge in [-0.25, -0.2) is 4.98 Å². The normalized spacial score (nSPS) is 17.1. The molecule has 1 heterocycles. The Balaban J connectivity index is 1.87. The van der Waals surface area contributed by atoms with Crippen molar-refractivity contribution in [3.8, 4) is 0 Å². The van der Waals surface area contributed by atoms with Gasteiger partial charge in [-0.05, 0) is 26.0 Å². The number of amides is 1. The summed E-state index contributed by atoms with van der Waals surface area (Å²) in [5, 5.41) is 6.41. The van der Waals surface area contributed by atoms with Gasteiger partial charge in [0.1, 0.15) is 0 Å². The fraction of sp³-hybridized carbons (Fsp3) is 0.733. The summed E-state index contributed by atoms with van der Waals surface area (Å²) in [6, 6.07) is 0. The molecule has 1 fully saturated rings. The third kappa shape index (κ3) is 4.20. The minimum atomic E-state index is 0.0543. The molecule has 0 spiro atoms. The Morgan fingerprint density at radius 2 is 2.24 bits per heavy atom. The van der Waals surface area contributed by atoms with Crippen molar-refractivity contribution in [3.05, 3.63) is 11.1 Å². The lowest BCUT2D eigenvalue weighted by atomic mass is 10.1. The second kappa shape index (κ2) is 7.61. The van der Waals surface area contributed by atoms with Gasteiger partial charge in [0.15, 0.2) is 5.13 Å². The van der Waals surface area contributed by atoms with E-state index in [1.165, 1.54) is 25.7 Å². The van der Waals surface area contributed by atoms with Crippen molar-refractivity contribution in [2.75, 3.05) is 24.2 Å². The predicted octanol–water partition coefficient (Wildman–Crippen LogP) is 3.28. The zero-order chi connectivity index (χ0) is 15.3. The number of aromatic nitrogens is 1. The summed E-state index contributed by atoms with van der Waals surface area (Å²) in [5.74, 6) is 0.0543. The number of anilines is 1.